The molecule has 1 N–H and O–H groups in total. The Morgan fingerprint density at radius 3 is 2.38 bits per heavy atom. The maximum atomic E-state index is 13.8. The molecule has 1 atom stereocenters. The number of nitrogens with zero attached hydrogens (tertiary/aromatic N) is 1. The Hall–Kier alpha value is -2.27. The van der Waals surface area contributed by atoms with Gasteiger partial charge in [-0.15, -0.1) is 0 Å². The van der Waals surface area contributed by atoms with Gasteiger partial charge in [0.15, 0.2) is 0 Å². The summed E-state index contributed by atoms with van der Waals surface area (Å²) in [7, 11) is 0. The van der Waals surface area contributed by atoms with Crippen LogP contribution in [0, 0.1) is 17.6 Å². The van der Waals surface area contributed by atoms with E-state index in [1.54, 1.807) is 4.90 Å². The Balaban J connectivity index is 1.63. The lowest BCUT2D eigenvalue weighted by molar-refractivity contribution is 0.0459. The van der Waals surface area contributed by atoms with Crippen molar-refractivity contribution in [3.05, 3.63) is 71.3 Å². The second-order valence-electron chi connectivity index (χ2n) is 6.11. The summed E-state index contributed by atoms with van der Waals surface area (Å²) in [5, 5.41) is 10.5. The highest BCUT2D eigenvalue weighted by atomic mass is 19.1. The first-order valence-electron chi connectivity index (χ1n) is 8.03. The standard InChI is InChI=1S/C19H19F2NO2/c20-15-6-7-16(17(21)12-15)19(24)22-10-8-14(9-11-22)18(23)13-4-2-1-3-5-13/h1-7,12,14,18,23H,8-11H2. The molecule has 0 spiro atoms. The van der Waals surface area contributed by atoms with Gasteiger partial charge in [0, 0.05) is 19.2 Å². The fourth-order valence-corrected chi connectivity index (χ4v) is 3.17. The number of hydrogen-bond donors (Lipinski definition) is 1. The molecule has 0 bridgehead atoms. The molecule has 24 heavy (non-hydrogen) atoms. The highest BCUT2D eigenvalue weighted by Crippen LogP contribution is 2.31. The van der Waals surface area contributed by atoms with Crippen LogP contribution in [0.3, 0.4) is 0 Å². The fraction of sp³-hybridized carbons (Fsp3) is 0.316. The molecule has 1 aliphatic rings. The molecule has 1 unspecified atom stereocenters. The minimum atomic E-state index is -0.841. The third-order valence-electron chi connectivity index (χ3n) is 4.58. The van der Waals surface area contributed by atoms with Gasteiger partial charge >= 0.3 is 0 Å². The minimum Gasteiger partial charge on any atom is -0.388 e. The van der Waals surface area contributed by atoms with E-state index in [0.717, 1.165) is 17.7 Å². The summed E-state index contributed by atoms with van der Waals surface area (Å²) in [6.07, 6.45) is 0.723. The minimum absolute atomic E-state index is 0.0644. The maximum Gasteiger partial charge on any atom is 0.256 e. The predicted molar refractivity (Wildman–Crippen MR) is 86.4 cm³/mol. The van der Waals surface area contributed by atoms with Gasteiger partial charge in [-0.2, -0.15) is 0 Å². The van der Waals surface area contributed by atoms with Crippen LogP contribution < -0.4 is 0 Å². The topological polar surface area (TPSA) is 40.5 Å². The average Bonchev–Trinajstić information content (AvgIpc) is 2.61. The van der Waals surface area contributed by atoms with Crippen LogP contribution in [0.2, 0.25) is 0 Å². The third-order valence-corrected chi connectivity index (χ3v) is 4.58. The van der Waals surface area contributed by atoms with Gasteiger partial charge < -0.3 is 10.0 Å². The molecule has 1 amide bonds. The Bertz CT molecular complexity index is 713. The lowest BCUT2D eigenvalue weighted by Gasteiger charge is -2.34. The quantitative estimate of drug-likeness (QED) is 0.934. The fourth-order valence-electron chi connectivity index (χ4n) is 3.17. The summed E-state index contributed by atoms with van der Waals surface area (Å²) in [6, 6.07) is 12.4. The van der Waals surface area contributed by atoms with E-state index in [-0.39, 0.29) is 11.5 Å². The maximum absolute atomic E-state index is 13.8. The Labute approximate surface area is 139 Å². The molecule has 0 saturated carbocycles. The lowest BCUT2D eigenvalue weighted by atomic mass is 9.87. The van der Waals surface area contributed by atoms with Crippen molar-refractivity contribution >= 4 is 5.91 Å². The number of carbonyl (C=O) groups excluding carboxylic acids is 1. The van der Waals surface area contributed by atoms with E-state index in [1.165, 1.54) is 6.07 Å². The van der Waals surface area contributed by atoms with E-state index in [2.05, 4.69) is 0 Å². The summed E-state index contributed by atoms with van der Waals surface area (Å²) in [4.78, 5) is 13.9. The molecule has 0 aliphatic carbocycles. The molecule has 5 heteroatoms. The number of hydrogen-bond acceptors (Lipinski definition) is 2. The van der Waals surface area contributed by atoms with E-state index in [0.29, 0.717) is 25.9 Å². The van der Waals surface area contributed by atoms with Gasteiger partial charge in [-0.1, -0.05) is 30.3 Å². The number of aliphatic hydroxyl groups excluding tert-OH is 1. The van der Waals surface area contributed by atoms with Crippen LogP contribution in [0.5, 0.6) is 0 Å². The van der Waals surface area contributed by atoms with Crippen molar-refractivity contribution in [2.24, 2.45) is 5.92 Å². The zero-order valence-electron chi connectivity index (χ0n) is 13.2. The summed E-state index contributed by atoms with van der Waals surface area (Å²) < 4.78 is 26.7. The molecule has 1 saturated heterocycles. The summed E-state index contributed by atoms with van der Waals surface area (Å²) in [5.74, 6) is -1.91. The van der Waals surface area contributed by atoms with E-state index in [9.17, 15) is 18.7 Å². The zero-order valence-corrected chi connectivity index (χ0v) is 13.2. The number of carbonyl (C=O) groups is 1. The Morgan fingerprint density at radius 1 is 1.08 bits per heavy atom. The van der Waals surface area contributed by atoms with E-state index < -0.39 is 23.6 Å². The normalized spacial score (nSPS) is 16.9. The largest absolute Gasteiger partial charge is 0.388 e. The molecule has 126 valence electrons. The zero-order chi connectivity index (χ0) is 17.1. The van der Waals surface area contributed by atoms with Gasteiger partial charge in [-0.3, -0.25) is 4.79 Å². The second-order valence-corrected chi connectivity index (χ2v) is 6.11. The molecule has 0 radical (unpaired) electrons. The first kappa shape index (κ1) is 16.6. The number of piperidine rings is 1. The van der Waals surface area contributed by atoms with Crippen molar-refractivity contribution in [1.29, 1.82) is 0 Å². The summed E-state index contributed by atoms with van der Waals surface area (Å²) in [6.45, 7) is 0.897. The van der Waals surface area contributed by atoms with Crippen molar-refractivity contribution < 1.29 is 18.7 Å². The summed E-state index contributed by atoms with van der Waals surface area (Å²) >= 11 is 0. The van der Waals surface area contributed by atoms with E-state index in [4.69, 9.17) is 0 Å². The Morgan fingerprint density at radius 2 is 1.75 bits per heavy atom. The number of halogens is 2. The van der Waals surface area contributed by atoms with Crippen LogP contribution in [0.25, 0.3) is 0 Å². The monoisotopic (exact) mass is 331 g/mol. The summed E-state index contributed by atoms with van der Waals surface area (Å²) in [5.41, 5.74) is 0.755. The molecular weight excluding hydrogens is 312 g/mol. The SMILES string of the molecule is O=C(c1ccc(F)cc1F)N1CCC(C(O)c2ccccc2)CC1. The number of benzene rings is 2. The second kappa shape index (κ2) is 7.09. The van der Waals surface area contributed by atoms with Gasteiger partial charge in [0.1, 0.15) is 11.6 Å². The van der Waals surface area contributed by atoms with Crippen molar-refractivity contribution in [3.63, 3.8) is 0 Å². The molecule has 3 nitrogen and oxygen atoms in total. The van der Waals surface area contributed by atoms with E-state index in [1.807, 2.05) is 30.3 Å². The molecule has 2 aromatic carbocycles. The lowest BCUT2D eigenvalue weighted by Crippen LogP contribution is -2.40. The smallest absolute Gasteiger partial charge is 0.256 e. The molecule has 3 rings (SSSR count). The number of aliphatic hydroxyl groups is 1. The predicted octanol–water partition coefficient (Wildman–Crippen LogP) is 3.55. The Kier molecular flexibility index (Phi) is 4.90. The first-order valence-corrected chi connectivity index (χ1v) is 8.03. The van der Waals surface area contributed by atoms with Crippen molar-refractivity contribution in [3.8, 4) is 0 Å². The average molecular weight is 331 g/mol. The van der Waals surface area contributed by atoms with Crippen LogP contribution >= 0.6 is 0 Å². The highest BCUT2D eigenvalue weighted by molar-refractivity contribution is 5.94. The van der Waals surface area contributed by atoms with Crippen molar-refractivity contribution in [2.45, 2.75) is 18.9 Å². The number of likely N-dealkylation sites (tertiary alicyclic amines) is 1. The molecule has 2 aromatic rings. The van der Waals surface area contributed by atoms with Crippen molar-refractivity contribution in [1.82, 2.24) is 4.90 Å². The molecular formula is C19H19F2NO2. The van der Waals surface area contributed by atoms with E-state index >= 15 is 0 Å². The van der Waals surface area contributed by atoms with Crippen LogP contribution in [0.4, 0.5) is 8.78 Å². The first-order chi connectivity index (χ1) is 11.6. The van der Waals surface area contributed by atoms with Gasteiger partial charge in [-0.05, 0) is 36.5 Å². The third kappa shape index (κ3) is 3.46. The highest BCUT2D eigenvalue weighted by Gasteiger charge is 2.29. The molecule has 0 aromatic heterocycles. The van der Waals surface area contributed by atoms with Crippen LogP contribution in [0.15, 0.2) is 48.5 Å². The van der Waals surface area contributed by atoms with Crippen LogP contribution in [-0.4, -0.2) is 29.0 Å². The molecule has 1 fully saturated rings. The van der Waals surface area contributed by atoms with Gasteiger partial charge in [0.05, 0.1) is 11.7 Å². The van der Waals surface area contributed by atoms with Gasteiger partial charge in [-0.25, -0.2) is 8.78 Å². The van der Waals surface area contributed by atoms with Gasteiger partial charge in [0.25, 0.3) is 5.91 Å². The van der Waals surface area contributed by atoms with Crippen molar-refractivity contribution in [2.75, 3.05) is 13.1 Å². The number of rotatable bonds is 3. The number of amides is 1. The molecule has 1 aliphatic heterocycles. The van der Waals surface area contributed by atoms with Crippen LogP contribution in [-0.2, 0) is 0 Å². The van der Waals surface area contributed by atoms with Crippen LogP contribution in [0.1, 0.15) is 34.9 Å². The van der Waals surface area contributed by atoms with Gasteiger partial charge in [0.2, 0.25) is 0 Å². The molecule has 1 heterocycles.